The number of hydrogen-bond donors (Lipinski definition) is 1. The molecule has 0 bridgehead atoms. The van der Waals surface area contributed by atoms with Crippen LogP contribution in [0.5, 0.6) is 0 Å². The molecular formula is C19H30N2. The minimum absolute atomic E-state index is 0.584. The summed E-state index contributed by atoms with van der Waals surface area (Å²) in [6.07, 6.45) is 3.55. The van der Waals surface area contributed by atoms with Crippen LogP contribution in [-0.4, -0.2) is 26.7 Å². The van der Waals surface area contributed by atoms with Crippen molar-refractivity contribution in [3.05, 3.63) is 34.9 Å². The van der Waals surface area contributed by atoms with Crippen molar-refractivity contribution in [2.24, 2.45) is 11.8 Å². The molecule has 1 heterocycles. The van der Waals surface area contributed by atoms with Gasteiger partial charge in [-0.3, -0.25) is 0 Å². The Labute approximate surface area is 130 Å². The van der Waals surface area contributed by atoms with Crippen LogP contribution in [0, 0.1) is 11.8 Å². The van der Waals surface area contributed by atoms with Gasteiger partial charge in [-0.15, -0.1) is 0 Å². The Bertz CT molecular complexity index is 500. The van der Waals surface area contributed by atoms with Crippen molar-refractivity contribution < 1.29 is 0 Å². The Morgan fingerprint density at radius 2 is 2.05 bits per heavy atom. The van der Waals surface area contributed by atoms with Gasteiger partial charge in [-0.1, -0.05) is 45.4 Å². The molecule has 0 spiro atoms. The highest BCUT2D eigenvalue weighted by molar-refractivity contribution is 5.64. The summed E-state index contributed by atoms with van der Waals surface area (Å²) in [5.74, 6) is 1.29. The second-order valence-electron chi connectivity index (χ2n) is 6.96. The van der Waals surface area contributed by atoms with E-state index in [-0.39, 0.29) is 0 Å². The Morgan fingerprint density at radius 1 is 1.29 bits per heavy atom. The molecule has 0 amide bonds. The molecule has 1 aliphatic heterocycles. The van der Waals surface area contributed by atoms with E-state index in [2.05, 4.69) is 69.2 Å². The lowest BCUT2D eigenvalue weighted by Crippen LogP contribution is -2.23. The molecule has 2 nitrogen and oxygen atoms in total. The highest BCUT2D eigenvalue weighted by Crippen LogP contribution is 2.28. The molecule has 0 unspecified atom stereocenters. The summed E-state index contributed by atoms with van der Waals surface area (Å²) in [6.45, 7) is 12.3. The van der Waals surface area contributed by atoms with Crippen LogP contribution in [-0.2, 0) is 6.42 Å². The van der Waals surface area contributed by atoms with E-state index in [1.54, 1.807) is 0 Å². The van der Waals surface area contributed by atoms with Crippen LogP contribution >= 0.6 is 0 Å². The average molecular weight is 286 g/mol. The predicted molar refractivity (Wildman–Crippen MR) is 93.9 cm³/mol. The van der Waals surface area contributed by atoms with E-state index < -0.39 is 0 Å². The maximum Gasteiger partial charge on any atom is 0.0397 e. The maximum atomic E-state index is 3.57. The van der Waals surface area contributed by atoms with Gasteiger partial charge >= 0.3 is 0 Å². The lowest BCUT2D eigenvalue weighted by molar-refractivity contribution is 0.558. The third kappa shape index (κ3) is 4.34. The first-order chi connectivity index (χ1) is 9.97. The van der Waals surface area contributed by atoms with Gasteiger partial charge in [-0.05, 0) is 48.1 Å². The normalized spacial score (nSPS) is 15.2. The summed E-state index contributed by atoms with van der Waals surface area (Å²) in [5.41, 5.74) is 5.72. The van der Waals surface area contributed by atoms with Crippen molar-refractivity contribution in [2.75, 3.05) is 31.6 Å². The van der Waals surface area contributed by atoms with E-state index in [1.807, 2.05) is 0 Å². The molecule has 2 rings (SSSR count). The van der Waals surface area contributed by atoms with Crippen LogP contribution in [0.25, 0.3) is 6.08 Å². The fourth-order valence-corrected chi connectivity index (χ4v) is 2.82. The van der Waals surface area contributed by atoms with E-state index in [9.17, 15) is 0 Å². The molecule has 0 saturated carbocycles. The van der Waals surface area contributed by atoms with Crippen molar-refractivity contribution in [1.29, 1.82) is 0 Å². The monoisotopic (exact) mass is 286 g/mol. The fourth-order valence-electron chi connectivity index (χ4n) is 2.82. The molecule has 1 aliphatic rings. The first-order valence-corrected chi connectivity index (χ1v) is 8.22. The number of nitrogens with zero attached hydrogens (tertiary/aromatic N) is 1. The SMILES string of the molecule is CC(C)CNCC(=Cc1ccc2c(c1)CCN2C)C(C)C. The first-order valence-electron chi connectivity index (χ1n) is 8.22. The number of benzene rings is 1. The number of fused-ring (bicyclic) bond motifs is 1. The summed E-state index contributed by atoms with van der Waals surface area (Å²) in [6, 6.07) is 6.89. The van der Waals surface area contributed by atoms with Crippen LogP contribution in [0.4, 0.5) is 5.69 Å². The van der Waals surface area contributed by atoms with Gasteiger partial charge in [0.1, 0.15) is 0 Å². The van der Waals surface area contributed by atoms with Gasteiger partial charge in [-0.2, -0.15) is 0 Å². The van der Waals surface area contributed by atoms with Crippen molar-refractivity contribution >= 4 is 11.8 Å². The van der Waals surface area contributed by atoms with Gasteiger partial charge in [-0.25, -0.2) is 0 Å². The van der Waals surface area contributed by atoms with Crippen LogP contribution in [0.2, 0.25) is 0 Å². The molecule has 1 aromatic rings. The number of nitrogens with one attached hydrogen (secondary N) is 1. The highest BCUT2D eigenvalue weighted by Gasteiger charge is 2.15. The third-order valence-corrected chi connectivity index (χ3v) is 4.21. The molecule has 0 atom stereocenters. The molecular weight excluding hydrogens is 256 g/mol. The standard InChI is InChI=1S/C19H30N2/c1-14(2)12-20-13-18(15(3)4)11-16-6-7-19-17(10-16)8-9-21(19)5/h6-7,10-11,14-15,20H,8-9,12-13H2,1-5H3. The molecule has 2 heteroatoms. The Morgan fingerprint density at radius 3 is 2.71 bits per heavy atom. The van der Waals surface area contributed by atoms with E-state index >= 15 is 0 Å². The second kappa shape index (κ2) is 7.13. The van der Waals surface area contributed by atoms with Gasteiger partial charge < -0.3 is 10.2 Å². The summed E-state index contributed by atoms with van der Waals surface area (Å²) in [7, 11) is 2.18. The lowest BCUT2D eigenvalue weighted by Gasteiger charge is -2.15. The molecule has 0 aliphatic carbocycles. The summed E-state index contributed by atoms with van der Waals surface area (Å²) in [5, 5.41) is 3.57. The van der Waals surface area contributed by atoms with Crippen molar-refractivity contribution in [3.8, 4) is 0 Å². The molecule has 21 heavy (non-hydrogen) atoms. The van der Waals surface area contributed by atoms with E-state index in [0.717, 1.165) is 19.6 Å². The molecule has 1 aromatic carbocycles. The minimum atomic E-state index is 0.584. The molecule has 0 radical (unpaired) electrons. The number of rotatable bonds is 6. The summed E-state index contributed by atoms with van der Waals surface area (Å²) in [4.78, 5) is 2.34. The largest absolute Gasteiger partial charge is 0.374 e. The van der Waals surface area contributed by atoms with Gasteiger partial charge in [0.2, 0.25) is 0 Å². The number of likely N-dealkylation sites (N-methyl/N-ethyl adjacent to an activating group) is 1. The maximum absolute atomic E-state index is 3.57. The zero-order valence-electron chi connectivity index (χ0n) is 14.2. The molecule has 116 valence electrons. The second-order valence-corrected chi connectivity index (χ2v) is 6.96. The van der Waals surface area contributed by atoms with Gasteiger partial charge in [0.25, 0.3) is 0 Å². The van der Waals surface area contributed by atoms with E-state index in [0.29, 0.717) is 11.8 Å². The van der Waals surface area contributed by atoms with Crippen molar-refractivity contribution in [2.45, 2.75) is 34.1 Å². The van der Waals surface area contributed by atoms with E-state index in [1.165, 1.54) is 28.8 Å². The van der Waals surface area contributed by atoms with Crippen LogP contribution < -0.4 is 10.2 Å². The van der Waals surface area contributed by atoms with Gasteiger partial charge in [0, 0.05) is 25.8 Å². The smallest absolute Gasteiger partial charge is 0.0397 e. The Kier molecular flexibility index (Phi) is 5.46. The Hall–Kier alpha value is -1.28. The third-order valence-electron chi connectivity index (χ3n) is 4.21. The predicted octanol–water partition coefficient (Wildman–Crippen LogP) is 3.96. The Balaban J connectivity index is 2.11. The van der Waals surface area contributed by atoms with Crippen LogP contribution in [0.3, 0.4) is 0 Å². The van der Waals surface area contributed by atoms with Crippen molar-refractivity contribution in [3.63, 3.8) is 0 Å². The van der Waals surface area contributed by atoms with E-state index in [4.69, 9.17) is 0 Å². The highest BCUT2D eigenvalue weighted by atomic mass is 15.1. The van der Waals surface area contributed by atoms with Crippen molar-refractivity contribution in [1.82, 2.24) is 5.32 Å². The number of anilines is 1. The minimum Gasteiger partial charge on any atom is -0.374 e. The molecule has 0 aromatic heterocycles. The average Bonchev–Trinajstić information content (AvgIpc) is 2.78. The summed E-state index contributed by atoms with van der Waals surface area (Å²) < 4.78 is 0. The molecule has 0 saturated heterocycles. The molecule has 1 N–H and O–H groups in total. The van der Waals surface area contributed by atoms with Gasteiger partial charge in [0.05, 0.1) is 0 Å². The van der Waals surface area contributed by atoms with Crippen LogP contribution in [0.1, 0.15) is 38.8 Å². The zero-order chi connectivity index (χ0) is 15.4. The fraction of sp³-hybridized carbons (Fsp3) is 0.579. The number of hydrogen-bond acceptors (Lipinski definition) is 2. The first kappa shape index (κ1) is 16.1. The summed E-state index contributed by atoms with van der Waals surface area (Å²) >= 11 is 0. The zero-order valence-corrected chi connectivity index (χ0v) is 14.2. The van der Waals surface area contributed by atoms with Gasteiger partial charge in [0.15, 0.2) is 0 Å². The lowest BCUT2D eigenvalue weighted by atomic mass is 9.98. The quantitative estimate of drug-likeness (QED) is 0.851. The molecule has 0 fully saturated rings. The topological polar surface area (TPSA) is 15.3 Å². The van der Waals surface area contributed by atoms with Crippen LogP contribution in [0.15, 0.2) is 23.8 Å².